The van der Waals surface area contributed by atoms with Crippen LogP contribution in [0.1, 0.15) is 32.1 Å². The van der Waals surface area contributed by atoms with Crippen LogP contribution in [0.2, 0.25) is 0 Å². The molecule has 3 nitrogen and oxygen atoms in total. The number of hydrogen-bond acceptors (Lipinski definition) is 3. The standard InChI is InChI=1S/C18H23F3N2OS.ClH/c19-13-4-5-15(25-9-16(20)21)14(8-13)23-18(24)12-6-10-2-1-3-11(7-12)17(10)22;/h4-5,8,10-12,16-17H,1-3,6-7,9,22H2,(H,23,24);1H. The van der Waals surface area contributed by atoms with Gasteiger partial charge in [0.05, 0.1) is 11.4 Å². The predicted molar refractivity (Wildman–Crippen MR) is 101 cm³/mol. The maximum atomic E-state index is 13.6. The Morgan fingerprint density at radius 1 is 1.27 bits per heavy atom. The molecule has 2 atom stereocenters. The van der Waals surface area contributed by atoms with Crippen molar-refractivity contribution in [3.05, 3.63) is 24.0 Å². The summed E-state index contributed by atoms with van der Waals surface area (Å²) in [6, 6.07) is 4.02. The highest BCUT2D eigenvalue weighted by Crippen LogP contribution is 2.42. The maximum Gasteiger partial charge on any atom is 0.247 e. The van der Waals surface area contributed by atoms with Gasteiger partial charge in [0.25, 0.3) is 0 Å². The van der Waals surface area contributed by atoms with Gasteiger partial charge in [0.2, 0.25) is 12.3 Å². The van der Waals surface area contributed by atoms with E-state index in [0.29, 0.717) is 16.7 Å². The zero-order valence-electron chi connectivity index (χ0n) is 14.3. The number of halogens is 4. The molecule has 146 valence electrons. The smallest absolute Gasteiger partial charge is 0.247 e. The summed E-state index contributed by atoms with van der Waals surface area (Å²) in [5.41, 5.74) is 6.53. The third-order valence-electron chi connectivity index (χ3n) is 5.35. The summed E-state index contributed by atoms with van der Waals surface area (Å²) in [6.07, 6.45) is 2.30. The fraction of sp³-hybridized carbons (Fsp3) is 0.611. The number of rotatable bonds is 5. The summed E-state index contributed by atoms with van der Waals surface area (Å²) in [5.74, 6) is -0.470. The first-order valence-corrected chi connectivity index (χ1v) is 9.69. The quantitative estimate of drug-likeness (QED) is 0.694. The molecule has 2 fully saturated rings. The van der Waals surface area contributed by atoms with Crippen LogP contribution in [-0.4, -0.2) is 24.1 Å². The Labute approximate surface area is 162 Å². The van der Waals surface area contributed by atoms with E-state index in [1.165, 1.54) is 18.2 Å². The van der Waals surface area contributed by atoms with Crippen molar-refractivity contribution >= 4 is 35.8 Å². The maximum absolute atomic E-state index is 13.6. The van der Waals surface area contributed by atoms with Gasteiger partial charge in [0, 0.05) is 16.9 Å². The van der Waals surface area contributed by atoms with Crippen molar-refractivity contribution in [2.75, 3.05) is 11.1 Å². The Bertz CT molecular complexity index is 620. The molecule has 0 aromatic heterocycles. The van der Waals surface area contributed by atoms with E-state index in [2.05, 4.69) is 5.32 Å². The van der Waals surface area contributed by atoms with Crippen LogP contribution in [0.25, 0.3) is 0 Å². The first kappa shape index (κ1) is 21.4. The van der Waals surface area contributed by atoms with Gasteiger partial charge in [-0.3, -0.25) is 4.79 Å². The van der Waals surface area contributed by atoms with Crippen molar-refractivity contribution in [2.24, 2.45) is 23.5 Å². The van der Waals surface area contributed by atoms with E-state index in [1.54, 1.807) is 0 Å². The summed E-state index contributed by atoms with van der Waals surface area (Å²) < 4.78 is 38.5. The van der Waals surface area contributed by atoms with E-state index in [-0.39, 0.29) is 36.0 Å². The molecule has 3 rings (SSSR count). The Hall–Kier alpha value is -0.920. The molecule has 8 heteroatoms. The molecule has 0 saturated heterocycles. The average molecular weight is 409 g/mol. The highest BCUT2D eigenvalue weighted by Gasteiger charge is 2.40. The topological polar surface area (TPSA) is 55.1 Å². The average Bonchev–Trinajstić information content (AvgIpc) is 2.53. The lowest BCUT2D eigenvalue weighted by atomic mass is 9.65. The fourth-order valence-corrected chi connectivity index (χ4v) is 4.85. The third-order valence-corrected chi connectivity index (χ3v) is 6.43. The van der Waals surface area contributed by atoms with E-state index < -0.39 is 18.0 Å². The fourth-order valence-electron chi connectivity index (χ4n) is 4.12. The van der Waals surface area contributed by atoms with E-state index in [0.717, 1.165) is 43.9 Å². The van der Waals surface area contributed by atoms with Crippen molar-refractivity contribution < 1.29 is 18.0 Å². The summed E-state index contributed by atoms with van der Waals surface area (Å²) in [6.45, 7) is 0. The van der Waals surface area contributed by atoms with Crippen LogP contribution in [0, 0.1) is 23.6 Å². The number of alkyl halides is 2. The number of carbonyl (C=O) groups is 1. The lowest BCUT2D eigenvalue weighted by molar-refractivity contribution is -0.122. The molecular weight excluding hydrogens is 385 g/mol. The molecule has 26 heavy (non-hydrogen) atoms. The van der Waals surface area contributed by atoms with Crippen LogP contribution < -0.4 is 11.1 Å². The molecule has 1 amide bonds. The lowest BCUT2D eigenvalue weighted by Crippen LogP contribution is -2.48. The van der Waals surface area contributed by atoms with Crippen LogP contribution in [0.15, 0.2) is 23.1 Å². The number of thioether (sulfide) groups is 1. The van der Waals surface area contributed by atoms with Gasteiger partial charge in [-0.05, 0) is 55.7 Å². The van der Waals surface area contributed by atoms with Crippen LogP contribution >= 0.6 is 24.2 Å². The molecule has 2 bridgehead atoms. The molecule has 3 N–H and O–H groups in total. The SMILES string of the molecule is Cl.NC1C2CCCC1CC(C(=O)Nc1cc(F)ccc1SCC(F)F)C2. The van der Waals surface area contributed by atoms with Crippen molar-refractivity contribution in [2.45, 2.75) is 49.5 Å². The zero-order valence-corrected chi connectivity index (χ0v) is 15.9. The summed E-state index contributed by atoms with van der Waals surface area (Å²) >= 11 is 0.918. The minimum absolute atomic E-state index is 0. The molecule has 0 aliphatic heterocycles. The normalized spacial score (nSPS) is 27.7. The van der Waals surface area contributed by atoms with Crippen molar-refractivity contribution in [3.8, 4) is 0 Å². The van der Waals surface area contributed by atoms with Gasteiger partial charge < -0.3 is 11.1 Å². The zero-order chi connectivity index (χ0) is 18.0. The number of carbonyl (C=O) groups excluding carboxylic acids is 1. The monoisotopic (exact) mass is 408 g/mol. The molecule has 2 aliphatic rings. The number of nitrogens with two attached hydrogens (primary N) is 1. The Morgan fingerprint density at radius 2 is 1.92 bits per heavy atom. The molecule has 0 heterocycles. The molecule has 0 spiro atoms. The van der Waals surface area contributed by atoms with Gasteiger partial charge in [-0.25, -0.2) is 13.2 Å². The highest BCUT2D eigenvalue weighted by atomic mass is 35.5. The number of nitrogens with one attached hydrogen (secondary N) is 1. The second kappa shape index (κ2) is 9.33. The van der Waals surface area contributed by atoms with E-state index in [1.807, 2.05) is 0 Å². The largest absolute Gasteiger partial charge is 0.327 e. The molecule has 1 aromatic carbocycles. The van der Waals surface area contributed by atoms with Gasteiger partial charge in [0.15, 0.2) is 0 Å². The summed E-state index contributed by atoms with van der Waals surface area (Å²) in [4.78, 5) is 13.1. The minimum atomic E-state index is -2.46. The van der Waals surface area contributed by atoms with Gasteiger partial charge >= 0.3 is 0 Å². The molecular formula is C18H24ClF3N2OS. The van der Waals surface area contributed by atoms with Crippen LogP contribution in [0.4, 0.5) is 18.9 Å². The second-order valence-electron chi connectivity index (χ2n) is 7.03. The first-order valence-electron chi connectivity index (χ1n) is 8.71. The van der Waals surface area contributed by atoms with Gasteiger partial charge in [-0.1, -0.05) is 6.42 Å². The Kier molecular flexibility index (Phi) is 7.67. The van der Waals surface area contributed by atoms with Crippen LogP contribution in [0.3, 0.4) is 0 Å². The first-order chi connectivity index (χ1) is 11.9. The molecule has 1 aromatic rings. The van der Waals surface area contributed by atoms with E-state index in [4.69, 9.17) is 5.73 Å². The highest BCUT2D eigenvalue weighted by molar-refractivity contribution is 7.99. The van der Waals surface area contributed by atoms with Crippen molar-refractivity contribution in [3.63, 3.8) is 0 Å². The second-order valence-corrected chi connectivity index (χ2v) is 8.09. The van der Waals surface area contributed by atoms with Gasteiger partial charge in [0.1, 0.15) is 5.82 Å². The molecule has 2 aliphatic carbocycles. The minimum Gasteiger partial charge on any atom is -0.327 e. The number of hydrogen-bond donors (Lipinski definition) is 2. The lowest BCUT2D eigenvalue weighted by Gasteiger charge is -2.43. The predicted octanol–water partition coefficient (Wildman–Crippen LogP) is 4.70. The number of benzene rings is 1. The van der Waals surface area contributed by atoms with E-state index >= 15 is 0 Å². The van der Waals surface area contributed by atoms with Crippen molar-refractivity contribution in [1.82, 2.24) is 0 Å². The summed E-state index contributed by atoms with van der Waals surface area (Å²) in [7, 11) is 0. The summed E-state index contributed by atoms with van der Waals surface area (Å²) in [5, 5.41) is 2.76. The third kappa shape index (κ3) is 5.08. The van der Waals surface area contributed by atoms with Crippen LogP contribution in [-0.2, 0) is 4.79 Å². The Balaban J connectivity index is 0.00000243. The molecule has 0 radical (unpaired) electrons. The molecule has 2 unspecified atom stereocenters. The number of amides is 1. The Morgan fingerprint density at radius 3 is 2.54 bits per heavy atom. The van der Waals surface area contributed by atoms with Crippen molar-refractivity contribution in [1.29, 1.82) is 0 Å². The van der Waals surface area contributed by atoms with Gasteiger partial charge in [-0.15, -0.1) is 24.2 Å². The number of anilines is 1. The molecule has 2 saturated carbocycles. The van der Waals surface area contributed by atoms with E-state index in [9.17, 15) is 18.0 Å². The van der Waals surface area contributed by atoms with Gasteiger partial charge in [-0.2, -0.15) is 0 Å². The van der Waals surface area contributed by atoms with Crippen LogP contribution in [0.5, 0.6) is 0 Å². The number of fused-ring (bicyclic) bond motifs is 2.